The lowest BCUT2D eigenvalue weighted by atomic mass is 9.98. The van der Waals surface area contributed by atoms with E-state index in [0.29, 0.717) is 23.2 Å². The number of fused-ring (bicyclic) bond motifs is 3. The van der Waals surface area contributed by atoms with Gasteiger partial charge in [0.15, 0.2) is 5.78 Å². The van der Waals surface area contributed by atoms with Crippen LogP contribution in [0.15, 0.2) is 47.4 Å². The van der Waals surface area contributed by atoms with Crippen LogP contribution in [0.25, 0.3) is 10.9 Å². The first-order valence-electron chi connectivity index (χ1n) is 9.06. The average Bonchev–Trinajstić information content (AvgIpc) is 2.94. The second-order valence-electron chi connectivity index (χ2n) is 7.03. The summed E-state index contributed by atoms with van der Waals surface area (Å²) in [6, 6.07) is 11.8. The molecule has 0 bridgehead atoms. The summed E-state index contributed by atoms with van der Waals surface area (Å²) >= 11 is 0. The number of aliphatic hydroxyl groups excluding tert-OH is 1. The maximum atomic E-state index is 13.3. The Bertz CT molecular complexity index is 1140. The van der Waals surface area contributed by atoms with E-state index in [2.05, 4.69) is 0 Å². The molecule has 1 aliphatic carbocycles. The van der Waals surface area contributed by atoms with Crippen molar-refractivity contribution in [2.24, 2.45) is 0 Å². The zero-order valence-corrected chi connectivity index (χ0v) is 15.9. The number of carbonyl (C=O) groups is 1. The van der Waals surface area contributed by atoms with Gasteiger partial charge in [-0.3, -0.25) is 4.79 Å². The van der Waals surface area contributed by atoms with Crippen molar-refractivity contribution in [1.82, 2.24) is 3.97 Å². The van der Waals surface area contributed by atoms with E-state index in [4.69, 9.17) is 0 Å². The van der Waals surface area contributed by atoms with E-state index in [9.17, 15) is 18.3 Å². The van der Waals surface area contributed by atoms with Gasteiger partial charge in [0.05, 0.1) is 22.7 Å². The number of carbonyl (C=O) groups excluding carboxylic acids is 1. The number of Topliss-reactive ketones (excluding diaryl/α,β-unsaturated/α-hetero) is 1. The molecular weight excluding hydrogens is 362 g/mol. The van der Waals surface area contributed by atoms with Gasteiger partial charge < -0.3 is 5.11 Å². The molecule has 0 saturated heterocycles. The lowest BCUT2D eigenvalue weighted by molar-refractivity contribution is 0.0982. The minimum absolute atomic E-state index is 0.101. The summed E-state index contributed by atoms with van der Waals surface area (Å²) < 4.78 is 27.8. The van der Waals surface area contributed by atoms with Crippen LogP contribution in [-0.4, -0.2) is 23.3 Å². The summed E-state index contributed by atoms with van der Waals surface area (Å²) in [4.78, 5) is 12.6. The van der Waals surface area contributed by atoms with E-state index in [1.165, 1.54) is 3.97 Å². The van der Waals surface area contributed by atoms with Crippen LogP contribution in [0, 0.1) is 6.92 Å². The molecular formula is C21H21NO4S. The van der Waals surface area contributed by atoms with Crippen LogP contribution in [0.4, 0.5) is 0 Å². The predicted molar refractivity (Wildman–Crippen MR) is 104 cm³/mol. The van der Waals surface area contributed by atoms with Crippen molar-refractivity contribution >= 4 is 26.7 Å². The van der Waals surface area contributed by atoms with Gasteiger partial charge in [0.1, 0.15) is 0 Å². The first-order valence-corrected chi connectivity index (χ1v) is 10.5. The standard InChI is InChI=1S/C21H21NO4S/c1-14-6-8-16(9-7-14)27(25,26)22-15(13-23)12-19-17-4-2-3-5-21(24)18(17)10-11-20(19)22/h6-12,23H,2-5,13H2,1H3. The van der Waals surface area contributed by atoms with Crippen LogP contribution in [-0.2, 0) is 23.1 Å². The molecule has 6 heteroatoms. The Morgan fingerprint density at radius 3 is 2.44 bits per heavy atom. The molecule has 140 valence electrons. The van der Waals surface area contributed by atoms with Gasteiger partial charge in [0.2, 0.25) is 0 Å². The number of aromatic nitrogens is 1. The summed E-state index contributed by atoms with van der Waals surface area (Å²) in [5.74, 6) is 0.101. The van der Waals surface area contributed by atoms with Crippen molar-refractivity contribution in [3.05, 3.63) is 64.8 Å². The number of nitrogens with zero attached hydrogens (tertiary/aromatic N) is 1. The predicted octanol–water partition coefficient (Wildman–Crippen LogP) is 3.59. The minimum atomic E-state index is -3.86. The Labute approximate surface area is 158 Å². The molecule has 0 saturated carbocycles. The smallest absolute Gasteiger partial charge is 0.268 e. The van der Waals surface area contributed by atoms with Gasteiger partial charge in [-0.1, -0.05) is 17.7 Å². The number of hydrogen-bond acceptors (Lipinski definition) is 4. The van der Waals surface area contributed by atoms with Crippen molar-refractivity contribution < 1.29 is 18.3 Å². The summed E-state index contributed by atoms with van der Waals surface area (Å²) in [6.45, 7) is 1.50. The van der Waals surface area contributed by atoms with E-state index in [1.54, 1.807) is 42.5 Å². The summed E-state index contributed by atoms with van der Waals surface area (Å²) in [7, 11) is -3.86. The quantitative estimate of drug-likeness (QED) is 0.701. The molecule has 3 aromatic rings. The molecule has 1 heterocycles. The van der Waals surface area contributed by atoms with E-state index >= 15 is 0 Å². The van der Waals surface area contributed by atoms with Gasteiger partial charge in [0.25, 0.3) is 10.0 Å². The molecule has 0 atom stereocenters. The van der Waals surface area contributed by atoms with Gasteiger partial charge in [-0.15, -0.1) is 0 Å². The van der Waals surface area contributed by atoms with Gasteiger partial charge in [0, 0.05) is 17.4 Å². The third-order valence-electron chi connectivity index (χ3n) is 5.23. The highest BCUT2D eigenvalue weighted by atomic mass is 32.2. The highest BCUT2D eigenvalue weighted by molar-refractivity contribution is 7.90. The number of ketones is 1. The van der Waals surface area contributed by atoms with Crippen LogP contribution in [0.3, 0.4) is 0 Å². The van der Waals surface area contributed by atoms with E-state index < -0.39 is 16.6 Å². The maximum Gasteiger partial charge on any atom is 0.268 e. The van der Waals surface area contributed by atoms with E-state index in [-0.39, 0.29) is 10.7 Å². The lowest BCUT2D eigenvalue weighted by Gasteiger charge is -2.12. The zero-order chi connectivity index (χ0) is 19.2. The Balaban J connectivity index is 2.00. The number of hydrogen-bond donors (Lipinski definition) is 1. The monoisotopic (exact) mass is 383 g/mol. The molecule has 0 fully saturated rings. The molecule has 0 aliphatic heterocycles. The van der Waals surface area contributed by atoms with Gasteiger partial charge in [-0.05, 0) is 62.1 Å². The molecule has 1 aromatic heterocycles. The molecule has 4 rings (SSSR count). The van der Waals surface area contributed by atoms with E-state index in [0.717, 1.165) is 35.8 Å². The third-order valence-corrected chi connectivity index (χ3v) is 7.01. The average molecular weight is 383 g/mol. The second kappa shape index (κ2) is 6.62. The zero-order valence-electron chi connectivity index (χ0n) is 15.1. The van der Waals surface area contributed by atoms with Gasteiger partial charge in [-0.2, -0.15) is 0 Å². The number of benzene rings is 2. The molecule has 27 heavy (non-hydrogen) atoms. The highest BCUT2D eigenvalue weighted by Crippen LogP contribution is 2.33. The molecule has 1 aliphatic rings. The number of aliphatic hydroxyl groups is 1. The first kappa shape index (κ1) is 17.9. The largest absolute Gasteiger partial charge is 0.390 e. The molecule has 2 aromatic carbocycles. The van der Waals surface area contributed by atoms with Crippen molar-refractivity contribution in [3.8, 4) is 0 Å². The van der Waals surface area contributed by atoms with Crippen LogP contribution in [0.5, 0.6) is 0 Å². The topological polar surface area (TPSA) is 76.4 Å². The first-order chi connectivity index (χ1) is 12.9. The Hall–Kier alpha value is -2.44. The van der Waals surface area contributed by atoms with Gasteiger partial charge in [-0.25, -0.2) is 12.4 Å². The molecule has 0 spiro atoms. The molecule has 0 amide bonds. The Morgan fingerprint density at radius 1 is 1.04 bits per heavy atom. The summed E-state index contributed by atoms with van der Waals surface area (Å²) in [5, 5.41) is 10.6. The van der Waals surface area contributed by atoms with Crippen molar-refractivity contribution in [1.29, 1.82) is 0 Å². The highest BCUT2D eigenvalue weighted by Gasteiger charge is 2.26. The summed E-state index contributed by atoms with van der Waals surface area (Å²) in [6.07, 6.45) is 2.98. The van der Waals surface area contributed by atoms with Crippen LogP contribution in [0.1, 0.15) is 46.4 Å². The third kappa shape index (κ3) is 2.89. The van der Waals surface area contributed by atoms with Crippen LogP contribution < -0.4 is 0 Å². The van der Waals surface area contributed by atoms with Crippen LogP contribution >= 0.6 is 0 Å². The number of aryl methyl sites for hydroxylation is 2. The van der Waals surface area contributed by atoms with Crippen molar-refractivity contribution in [2.75, 3.05) is 0 Å². The molecule has 0 unspecified atom stereocenters. The van der Waals surface area contributed by atoms with Crippen LogP contribution in [0.2, 0.25) is 0 Å². The van der Waals surface area contributed by atoms with Crippen molar-refractivity contribution in [3.63, 3.8) is 0 Å². The molecule has 5 nitrogen and oxygen atoms in total. The maximum absolute atomic E-state index is 13.3. The minimum Gasteiger partial charge on any atom is -0.390 e. The normalized spacial score (nSPS) is 15.0. The summed E-state index contributed by atoms with van der Waals surface area (Å²) in [5.41, 5.74) is 3.35. The van der Waals surface area contributed by atoms with Crippen molar-refractivity contribution in [2.45, 2.75) is 44.1 Å². The second-order valence-corrected chi connectivity index (χ2v) is 8.82. The van der Waals surface area contributed by atoms with E-state index in [1.807, 2.05) is 6.92 Å². The fraction of sp³-hybridized carbons (Fsp3) is 0.286. The Morgan fingerprint density at radius 2 is 1.74 bits per heavy atom. The number of rotatable bonds is 3. The fourth-order valence-corrected chi connectivity index (χ4v) is 5.36. The molecule has 0 radical (unpaired) electrons. The molecule has 1 N–H and O–H groups in total. The SMILES string of the molecule is Cc1ccc(S(=O)(=O)n2c(CO)cc3c4c(ccc32)C(=O)CCCC4)cc1. The lowest BCUT2D eigenvalue weighted by Crippen LogP contribution is -2.16. The van der Waals surface area contributed by atoms with Gasteiger partial charge >= 0.3 is 0 Å². The Kier molecular flexibility index (Phi) is 4.40. The fourth-order valence-electron chi connectivity index (χ4n) is 3.83.